The second-order valence-electron chi connectivity index (χ2n) is 7.66. The van der Waals surface area contributed by atoms with Crippen molar-refractivity contribution >= 4 is 27.3 Å². The van der Waals surface area contributed by atoms with Crippen molar-refractivity contribution in [3.8, 4) is 10.4 Å². The Morgan fingerprint density at radius 1 is 0.968 bits per heavy atom. The van der Waals surface area contributed by atoms with E-state index in [1.807, 2.05) is 42.5 Å². The van der Waals surface area contributed by atoms with Crippen LogP contribution in [0.3, 0.4) is 0 Å². The number of amides is 1. The van der Waals surface area contributed by atoms with Crippen molar-refractivity contribution in [2.75, 3.05) is 19.6 Å². The Morgan fingerprint density at radius 3 is 2.52 bits per heavy atom. The van der Waals surface area contributed by atoms with Gasteiger partial charge < -0.3 is 5.32 Å². The summed E-state index contributed by atoms with van der Waals surface area (Å²) in [6.07, 6.45) is 3.63. The minimum atomic E-state index is -3.42. The van der Waals surface area contributed by atoms with E-state index in [9.17, 15) is 13.2 Å². The van der Waals surface area contributed by atoms with Crippen LogP contribution in [0.25, 0.3) is 10.4 Å². The van der Waals surface area contributed by atoms with E-state index in [2.05, 4.69) is 17.4 Å². The first kappa shape index (κ1) is 21.7. The average Bonchev–Trinajstić information content (AvgIpc) is 3.51. The molecule has 2 aromatic carbocycles. The molecule has 0 atom stereocenters. The van der Waals surface area contributed by atoms with E-state index in [0.29, 0.717) is 29.4 Å². The Kier molecular flexibility index (Phi) is 6.85. The quantitative estimate of drug-likeness (QED) is 0.507. The summed E-state index contributed by atoms with van der Waals surface area (Å²) in [5.41, 5.74) is 2.69. The standard InChI is InChI=1S/C24H26N2O3S2/c27-24(25-15-7-10-19-8-2-1-3-9-19)21-12-6-11-20(18-21)22-13-14-23(30-22)31(28,29)26-16-4-5-17-26/h1-3,6,8-9,11-14,18H,4-5,7,10,15-17H2,(H,25,27). The number of carbonyl (C=O) groups excluding carboxylic acids is 1. The monoisotopic (exact) mass is 454 g/mol. The highest BCUT2D eigenvalue weighted by atomic mass is 32.2. The summed E-state index contributed by atoms with van der Waals surface area (Å²) < 4.78 is 27.5. The van der Waals surface area contributed by atoms with E-state index in [1.165, 1.54) is 16.9 Å². The van der Waals surface area contributed by atoms with Gasteiger partial charge in [-0.15, -0.1) is 11.3 Å². The van der Waals surface area contributed by atoms with Crippen molar-refractivity contribution in [2.24, 2.45) is 0 Å². The van der Waals surface area contributed by atoms with Gasteiger partial charge in [0.15, 0.2) is 0 Å². The summed E-state index contributed by atoms with van der Waals surface area (Å²) in [5, 5.41) is 2.98. The normalized spacial score (nSPS) is 14.6. The number of hydrogen-bond acceptors (Lipinski definition) is 4. The van der Waals surface area contributed by atoms with Crippen molar-refractivity contribution < 1.29 is 13.2 Å². The molecule has 0 unspecified atom stereocenters. The minimum Gasteiger partial charge on any atom is -0.352 e. The van der Waals surface area contributed by atoms with Gasteiger partial charge in [0, 0.05) is 30.1 Å². The molecule has 1 saturated heterocycles. The average molecular weight is 455 g/mol. The van der Waals surface area contributed by atoms with Gasteiger partial charge >= 0.3 is 0 Å². The van der Waals surface area contributed by atoms with E-state index in [4.69, 9.17) is 0 Å². The highest BCUT2D eigenvalue weighted by Crippen LogP contribution is 2.33. The Balaban J connectivity index is 1.39. The molecule has 7 heteroatoms. The maximum atomic E-state index is 12.8. The van der Waals surface area contributed by atoms with E-state index in [1.54, 1.807) is 16.4 Å². The Bertz CT molecular complexity index is 1130. The molecule has 0 saturated carbocycles. The van der Waals surface area contributed by atoms with E-state index in [-0.39, 0.29) is 5.91 Å². The molecule has 1 aromatic heterocycles. The minimum absolute atomic E-state index is 0.114. The molecule has 0 aliphatic carbocycles. The van der Waals surface area contributed by atoms with Crippen molar-refractivity contribution in [3.63, 3.8) is 0 Å². The summed E-state index contributed by atoms with van der Waals surface area (Å²) >= 11 is 1.26. The number of hydrogen-bond donors (Lipinski definition) is 1. The van der Waals surface area contributed by atoms with Crippen LogP contribution in [0.5, 0.6) is 0 Å². The van der Waals surface area contributed by atoms with Crippen LogP contribution in [-0.2, 0) is 16.4 Å². The number of aryl methyl sites for hydroxylation is 1. The molecule has 0 bridgehead atoms. The van der Waals surface area contributed by atoms with Crippen LogP contribution in [0.15, 0.2) is 70.9 Å². The fourth-order valence-electron chi connectivity index (χ4n) is 3.72. The molecule has 0 radical (unpaired) electrons. The van der Waals surface area contributed by atoms with Crippen molar-refractivity contribution in [1.29, 1.82) is 0 Å². The Morgan fingerprint density at radius 2 is 1.74 bits per heavy atom. The van der Waals surface area contributed by atoms with Gasteiger partial charge in [0.1, 0.15) is 4.21 Å². The maximum absolute atomic E-state index is 12.8. The molecule has 162 valence electrons. The number of nitrogens with one attached hydrogen (secondary N) is 1. The third kappa shape index (κ3) is 5.23. The summed E-state index contributed by atoms with van der Waals surface area (Å²) in [4.78, 5) is 13.4. The molecule has 1 amide bonds. The zero-order chi connectivity index (χ0) is 21.7. The first-order valence-corrected chi connectivity index (χ1v) is 12.8. The van der Waals surface area contributed by atoms with E-state index < -0.39 is 10.0 Å². The predicted octanol–water partition coefficient (Wildman–Crippen LogP) is 4.56. The number of carbonyl (C=O) groups is 1. The van der Waals surface area contributed by atoms with Gasteiger partial charge in [0.2, 0.25) is 0 Å². The summed E-state index contributed by atoms with van der Waals surface area (Å²) in [6.45, 7) is 1.79. The highest BCUT2D eigenvalue weighted by Gasteiger charge is 2.28. The lowest BCUT2D eigenvalue weighted by molar-refractivity contribution is 0.0953. The predicted molar refractivity (Wildman–Crippen MR) is 125 cm³/mol. The van der Waals surface area contributed by atoms with Crippen molar-refractivity contribution in [1.82, 2.24) is 9.62 Å². The lowest BCUT2D eigenvalue weighted by Gasteiger charge is -2.13. The van der Waals surface area contributed by atoms with Crippen molar-refractivity contribution in [2.45, 2.75) is 29.9 Å². The second kappa shape index (κ2) is 9.77. The summed E-state index contributed by atoms with van der Waals surface area (Å²) in [6, 6.07) is 21.1. The third-order valence-electron chi connectivity index (χ3n) is 5.42. The second-order valence-corrected chi connectivity index (χ2v) is 10.9. The van der Waals surface area contributed by atoms with Crippen LogP contribution in [0.2, 0.25) is 0 Å². The molecule has 5 nitrogen and oxygen atoms in total. The van der Waals surface area contributed by atoms with E-state index >= 15 is 0 Å². The number of sulfonamides is 1. The Hall–Kier alpha value is -2.48. The van der Waals surface area contributed by atoms with Gasteiger partial charge in [0.25, 0.3) is 15.9 Å². The van der Waals surface area contributed by atoms with E-state index in [0.717, 1.165) is 36.1 Å². The van der Waals surface area contributed by atoms with Crippen LogP contribution in [0.4, 0.5) is 0 Å². The molecule has 1 aliphatic rings. The van der Waals surface area contributed by atoms with Crippen LogP contribution in [0, 0.1) is 0 Å². The SMILES string of the molecule is O=C(NCCCc1ccccc1)c1cccc(-c2ccc(S(=O)(=O)N3CCCC3)s2)c1. The molecule has 4 rings (SSSR count). The molecule has 31 heavy (non-hydrogen) atoms. The molecule has 0 spiro atoms. The molecular weight excluding hydrogens is 428 g/mol. The first-order valence-electron chi connectivity index (χ1n) is 10.6. The number of rotatable bonds is 8. The molecule has 2 heterocycles. The van der Waals surface area contributed by atoms with Gasteiger partial charge in [-0.2, -0.15) is 4.31 Å². The fraction of sp³-hybridized carbons (Fsp3) is 0.292. The largest absolute Gasteiger partial charge is 0.352 e. The number of thiophene rings is 1. The lowest BCUT2D eigenvalue weighted by atomic mass is 10.1. The van der Waals surface area contributed by atoms with Gasteiger partial charge in [-0.25, -0.2) is 8.42 Å². The molecule has 3 aromatic rings. The Labute approximate surface area is 187 Å². The smallest absolute Gasteiger partial charge is 0.252 e. The van der Waals surface area contributed by atoms with Crippen LogP contribution >= 0.6 is 11.3 Å². The number of benzene rings is 2. The molecule has 1 aliphatic heterocycles. The first-order chi connectivity index (χ1) is 15.0. The van der Waals surface area contributed by atoms with Gasteiger partial charge in [-0.3, -0.25) is 4.79 Å². The maximum Gasteiger partial charge on any atom is 0.252 e. The van der Waals surface area contributed by atoms with Crippen LogP contribution < -0.4 is 5.32 Å². The van der Waals surface area contributed by atoms with Gasteiger partial charge in [0.05, 0.1) is 0 Å². The summed E-state index contributed by atoms with van der Waals surface area (Å²) in [5.74, 6) is -0.114. The topological polar surface area (TPSA) is 66.5 Å². The highest BCUT2D eigenvalue weighted by molar-refractivity contribution is 7.91. The lowest BCUT2D eigenvalue weighted by Crippen LogP contribution is -2.27. The fourth-order valence-corrected chi connectivity index (χ4v) is 6.70. The molecule has 1 fully saturated rings. The van der Waals surface area contributed by atoms with Gasteiger partial charge in [-0.05, 0) is 61.1 Å². The van der Waals surface area contributed by atoms with Gasteiger partial charge in [-0.1, -0.05) is 42.5 Å². The van der Waals surface area contributed by atoms with Crippen molar-refractivity contribution in [3.05, 3.63) is 77.9 Å². The zero-order valence-electron chi connectivity index (χ0n) is 17.3. The third-order valence-corrected chi connectivity index (χ3v) is 8.92. The molecule has 1 N–H and O–H groups in total. The summed E-state index contributed by atoms with van der Waals surface area (Å²) in [7, 11) is -3.42. The van der Waals surface area contributed by atoms with Crippen LogP contribution in [-0.4, -0.2) is 38.3 Å². The van der Waals surface area contributed by atoms with Crippen LogP contribution in [0.1, 0.15) is 35.2 Å². The number of nitrogens with zero attached hydrogens (tertiary/aromatic N) is 1. The zero-order valence-corrected chi connectivity index (χ0v) is 18.9. The molecular formula is C24H26N2O3S2.